The summed E-state index contributed by atoms with van der Waals surface area (Å²) in [5.74, 6) is 3.26. The van der Waals surface area contributed by atoms with Crippen LogP contribution >= 0.6 is 68.5 Å². The number of thioether (sulfide) groups is 1. The largest absolute Gasteiger partial charge is 1.00 e. The van der Waals surface area contributed by atoms with Crippen LogP contribution in [0.15, 0.2) is 12.4 Å². The zero-order valence-electron chi connectivity index (χ0n) is 16.5. The predicted molar refractivity (Wildman–Crippen MR) is 132 cm³/mol. The van der Waals surface area contributed by atoms with Gasteiger partial charge in [0.2, 0.25) is 11.6 Å². The third-order valence-electron chi connectivity index (χ3n) is 2.92. The number of rotatable bonds is 6. The molecule has 0 atom stereocenters. The van der Waals surface area contributed by atoms with Gasteiger partial charge in [0.25, 0.3) is 0 Å². The number of halogens is 3. The molecule has 0 fully saturated rings. The van der Waals surface area contributed by atoms with Crippen LogP contribution in [0.4, 0.5) is 0 Å². The predicted octanol–water partition coefficient (Wildman–Crippen LogP) is 0.964. The molecule has 2 rings (SSSR count). The standard InChI is InChI=1S/C8H11IN2OS.C6H6ClIN2O.C2H6S.Na/c1-3-13-5-6(12)8-10-4-7(9)11(8)2;1-10-5(8)3-9-6(10)4(11)2-7;1-2-3;/h4H,3,5H2,1-2H3;3H,2H2,1H3;3H,2H2,1H3;/q;;;+1/p-1. The average molecular weight is 679 g/mol. The summed E-state index contributed by atoms with van der Waals surface area (Å²) >= 11 is 15.6. The summed E-state index contributed by atoms with van der Waals surface area (Å²) in [5, 5.41) is 0. The Morgan fingerprint density at radius 1 is 1.07 bits per heavy atom. The molecule has 12 heteroatoms. The zero-order valence-corrected chi connectivity index (χ0v) is 25.2. The van der Waals surface area contributed by atoms with Crippen LogP contribution in [-0.2, 0) is 26.7 Å². The summed E-state index contributed by atoms with van der Waals surface area (Å²) < 4.78 is 5.45. The van der Waals surface area contributed by atoms with E-state index in [2.05, 4.69) is 67.8 Å². The third-order valence-corrected chi connectivity index (χ3v) is 6.04. The fourth-order valence-electron chi connectivity index (χ4n) is 1.61. The van der Waals surface area contributed by atoms with E-state index in [0.717, 1.165) is 18.9 Å². The van der Waals surface area contributed by atoms with E-state index in [9.17, 15) is 9.59 Å². The summed E-state index contributed by atoms with van der Waals surface area (Å²) in [5.41, 5.74) is 0. The molecule has 0 bridgehead atoms. The van der Waals surface area contributed by atoms with Gasteiger partial charge in [0.15, 0.2) is 11.6 Å². The van der Waals surface area contributed by atoms with Crippen LogP contribution in [0.1, 0.15) is 35.1 Å². The number of ketones is 2. The Labute approximate surface area is 230 Å². The van der Waals surface area contributed by atoms with E-state index in [-0.39, 0.29) is 47.0 Å². The topological polar surface area (TPSA) is 69.8 Å². The first-order valence-electron chi connectivity index (χ1n) is 7.87. The maximum absolute atomic E-state index is 11.5. The van der Waals surface area contributed by atoms with Crippen molar-refractivity contribution in [3.8, 4) is 0 Å². The van der Waals surface area contributed by atoms with E-state index in [1.54, 1.807) is 35.8 Å². The molecule has 0 aliphatic rings. The Balaban J connectivity index is 0. The number of Topliss-reactive ketones (excluding diaryl/α,β-unsaturated/α-hetero) is 2. The van der Waals surface area contributed by atoms with Crippen LogP contribution in [0.2, 0.25) is 0 Å². The van der Waals surface area contributed by atoms with E-state index >= 15 is 0 Å². The minimum Gasteiger partial charge on any atom is -0.793 e. The van der Waals surface area contributed by atoms with Crippen LogP contribution in [-0.4, -0.2) is 53.8 Å². The fraction of sp³-hybridized carbons (Fsp3) is 0.500. The van der Waals surface area contributed by atoms with E-state index in [1.165, 1.54) is 0 Å². The van der Waals surface area contributed by atoms with Gasteiger partial charge in [-0.25, -0.2) is 9.97 Å². The normalized spacial score (nSPS) is 9.43. The van der Waals surface area contributed by atoms with Gasteiger partial charge in [0.05, 0.1) is 31.4 Å². The van der Waals surface area contributed by atoms with Crippen molar-refractivity contribution in [2.75, 3.05) is 23.1 Å². The minimum atomic E-state index is -0.142. The molecule has 0 aliphatic heterocycles. The van der Waals surface area contributed by atoms with Crippen LogP contribution < -0.4 is 29.6 Å². The number of carbonyl (C=O) groups excluding carboxylic acids is 2. The molecule has 2 aromatic heterocycles. The zero-order chi connectivity index (χ0) is 21.0. The van der Waals surface area contributed by atoms with Crippen molar-refractivity contribution in [2.24, 2.45) is 14.1 Å². The molecule has 0 unspecified atom stereocenters. The van der Waals surface area contributed by atoms with Crippen molar-refractivity contribution in [1.29, 1.82) is 0 Å². The first kappa shape index (κ1) is 31.4. The number of imidazole rings is 2. The molecule has 2 heterocycles. The van der Waals surface area contributed by atoms with Crippen molar-refractivity contribution in [3.05, 3.63) is 31.4 Å². The Morgan fingerprint density at radius 3 is 1.75 bits per heavy atom. The van der Waals surface area contributed by atoms with E-state index in [4.69, 9.17) is 11.6 Å². The van der Waals surface area contributed by atoms with E-state index < -0.39 is 0 Å². The van der Waals surface area contributed by atoms with Gasteiger partial charge in [-0.1, -0.05) is 13.8 Å². The summed E-state index contributed by atoms with van der Waals surface area (Å²) in [6.45, 7) is 3.98. The third kappa shape index (κ3) is 11.0. The number of hydrogen-bond donors (Lipinski definition) is 0. The second-order valence-corrected chi connectivity index (χ2v) is 9.16. The SMILES string of the molecule is CCSCC(=O)c1ncc(I)n1C.CC[S-].Cn1c(I)cnc1C(=O)CCl.[Na+]. The van der Waals surface area contributed by atoms with Crippen molar-refractivity contribution >= 4 is 92.7 Å². The van der Waals surface area contributed by atoms with Crippen molar-refractivity contribution in [3.63, 3.8) is 0 Å². The monoisotopic (exact) mass is 678 g/mol. The van der Waals surface area contributed by atoms with Gasteiger partial charge in [-0.05, 0) is 50.9 Å². The van der Waals surface area contributed by atoms with Crippen molar-refractivity contribution < 1.29 is 39.1 Å². The summed E-state index contributed by atoms with van der Waals surface area (Å²) in [6.07, 6.45) is 3.35. The second-order valence-electron chi connectivity index (χ2n) is 4.83. The van der Waals surface area contributed by atoms with Gasteiger partial charge in [0, 0.05) is 14.1 Å². The number of hydrogen-bond acceptors (Lipinski definition) is 6. The van der Waals surface area contributed by atoms with Gasteiger partial charge in [-0.3, -0.25) is 9.59 Å². The summed E-state index contributed by atoms with van der Waals surface area (Å²) in [6, 6.07) is 0. The Kier molecular flexibility index (Phi) is 20.0. The molecule has 2 aromatic rings. The van der Waals surface area contributed by atoms with Crippen LogP contribution in [0.3, 0.4) is 0 Å². The van der Waals surface area contributed by atoms with Crippen LogP contribution in [0.25, 0.3) is 0 Å². The molecule has 28 heavy (non-hydrogen) atoms. The number of alkyl halides is 1. The van der Waals surface area contributed by atoms with Crippen LogP contribution in [0.5, 0.6) is 0 Å². The molecule has 0 aliphatic carbocycles. The molecule has 0 saturated carbocycles. The maximum atomic E-state index is 11.5. The molecule has 6 nitrogen and oxygen atoms in total. The molecule has 0 spiro atoms. The Hall–Kier alpha value is 1.21. The summed E-state index contributed by atoms with van der Waals surface area (Å²) in [7, 11) is 3.65. The van der Waals surface area contributed by atoms with E-state index in [1.807, 2.05) is 25.5 Å². The Bertz CT molecular complexity index is 744. The average Bonchev–Trinajstić information content (AvgIpc) is 3.16. The van der Waals surface area contributed by atoms with Gasteiger partial charge in [0.1, 0.15) is 0 Å². The first-order chi connectivity index (χ1) is 12.7. The molecular weight excluding hydrogens is 657 g/mol. The number of nitrogens with zero attached hydrogens (tertiary/aromatic N) is 4. The maximum Gasteiger partial charge on any atom is 1.00 e. The van der Waals surface area contributed by atoms with Gasteiger partial charge in [-0.15, -0.1) is 11.6 Å². The first-order valence-corrected chi connectivity index (χ1v) is 12.3. The smallest absolute Gasteiger partial charge is 0.793 e. The Morgan fingerprint density at radius 2 is 1.46 bits per heavy atom. The van der Waals surface area contributed by atoms with Crippen molar-refractivity contribution in [1.82, 2.24) is 19.1 Å². The van der Waals surface area contributed by atoms with Crippen molar-refractivity contribution in [2.45, 2.75) is 13.8 Å². The van der Waals surface area contributed by atoms with Gasteiger partial charge >= 0.3 is 29.6 Å². The molecule has 0 amide bonds. The number of aromatic nitrogens is 4. The number of carbonyl (C=O) groups is 2. The minimum absolute atomic E-state index is 0. The quantitative estimate of drug-likeness (QED) is 0.149. The molecular formula is C16H22ClI2N4NaO2S2. The summed E-state index contributed by atoms with van der Waals surface area (Å²) in [4.78, 5) is 30.5. The van der Waals surface area contributed by atoms with Crippen LogP contribution in [0, 0.1) is 7.40 Å². The second kappa shape index (κ2) is 17.8. The van der Waals surface area contributed by atoms with Gasteiger partial charge < -0.3 is 21.8 Å². The molecule has 152 valence electrons. The molecule has 0 aromatic carbocycles. The van der Waals surface area contributed by atoms with E-state index in [0.29, 0.717) is 17.4 Å². The molecule has 0 saturated heterocycles. The fourth-order valence-corrected chi connectivity index (χ4v) is 2.99. The molecule has 0 radical (unpaired) electrons. The van der Waals surface area contributed by atoms with Gasteiger partial charge in [-0.2, -0.15) is 17.5 Å². The molecule has 0 N–H and O–H groups in total.